The van der Waals surface area contributed by atoms with Crippen LogP contribution in [0.4, 0.5) is 13.2 Å². The predicted octanol–water partition coefficient (Wildman–Crippen LogP) is 3.50. The largest absolute Gasteiger partial charge is 0.491 e. The molecule has 0 radical (unpaired) electrons. The average Bonchev–Trinajstić information content (AvgIpc) is 2.98. The summed E-state index contributed by atoms with van der Waals surface area (Å²) in [5, 5.41) is 2.61. The Bertz CT molecular complexity index is 623. The lowest BCUT2D eigenvalue weighted by Crippen LogP contribution is -2.36. The lowest BCUT2D eigenvalue weighted by molar-refractivity contribution is -0.139. The Morgan fingerprint density at radius 2 is 2.05 bits per heavy atom. The maximum Gasteiger partial charge on any atom is 0.419 e. The normalized spacial score (nSPS) is 12.7. The van der Waals surface area contributed by atoms with E-state index in [0.717, 1.165) is 6.07 Å². The lowest BCUT2D eigenvalue weighted by Gasteiger charge is -2.17. The first-order valence-electron chi connectivity index (χ1n) is 6.50. The van der Waals surface area contributed by atoms with Crippen LogP contribution < -0.4 is 10.1 Å². The molecule has 118 valence electrons. The Labute approximate surface area is 124 Å². The third-order valence-corrected chi connectivity index (χ3v) is 2.84. The summed E-state index contributed by atoms with van der Waals surface area (Å²) >= 11 is 0. The molecule has 0 fully saturated rings. The van der Waals surface area contributed by atoms with E-state index in [9.17, 15) is 18.0 Å². The second-order valence-electron chi connectivity index (χ2n) is 4.69. The van der Waals surface area contributed by atoms with E-state index < -0.39 is 17.8 Å². The van der Waals surface area contributed by atoms with Crippen molar-refractivity contribution < 1.29 is 27.1 Å². The van der Waals surface area contributed by atoms with Crippen LogP contribution in [0.1, 0.15) is 22.8 Å². The quantitative estimate of drug-likeness (QED) is 0.919. The van der Waals surface area contributed by atoms with E-state index in [-0.39, 0.29) is 18.3 Å². The molecule has 2 rings (SSSR count). The second-order valence-corrected chi connectivity index (χ2v) is 4.69. The summed E-state index contributed by atoms with van der Waals surface area (Å²) in [6.45, 7) is 1.55. The van der Waals surface area contributed by atoms with Crippen molar-refractivity contribution in [3.05, 3.63) is 54.0 Å². The van der Waals surface area contributed by atoms with Gasteiger partial charge < -0.3 is 14.5 Å². The van der Waals surface area contributed by atoms with Crippen molar-refractivity contribution in [2.75, 3.05) is 6.61 Å². The Kier molecular flexibility index (Phi) is 4.75. The van der Waals surface area contributed by atoms with E-state index in [4.69, 9.17) is 9.15 Å². The van der Waals surface area contributed by atoms with Crippen molar-refractivity contribution in [3.8, 4) is 5.75 Å². The van der Waals surface area contributed by atoms with Gasteiger partial charge in [0.2, 0.25) is 0 Å². The molecular formula is C15H14F3NO3. The number of alkyl halides is 3. The first-order chi connectivity index (χ1) is 10.4. The van der Waals surface area contributed by atoms with E-state index in [2.05, 4.69) is 5.32 Å². The summed E-state index contributed by atoms with van der Waals surface area (Å²) in [6.07, 6.45) is -1.85. The predicted molar refractivity (Wildman–Crippen MR) is 72.6 cm³/mol. The summed E-state index contributed by atoms with van der Waals surface area (Å²) in [5.41, 5.74) is -0.508. The van der Waals surface area contributed by atoms with Gasteiger partial charge in [-0.25, -0.2) is 0 Å². The molecule has 1 N–H and O–H groups in total. The van der Waals surface area contributed by atoms with E-state index in [1.54, 1.807) is 6.92 Å². The number of benzene rings is 1. The number of carbonyl (C=O) groups is 1. The Hall–Kier alpha value is -2.44. The number of nitrogens with one attached hydrogen (secondary N) is 1. The molecule has 0 saturated carbocycles. The first kappa shape index (κ1) is 15.9. The molecule has 0 bridgehead atoms. The highest BCUT2D eigenvalue weighted by molar-refractivity contribution is 5.93. The molecule has 0 aliphatic carbocycles. The van der Waals surface area contributed by atoms with Crippen molar-refractivity contribution >= 4 is 5.91 Å². The van der Waals surface area contributed by atoms with Gasteiger partial charge in [0.05, 0.1) is 23.4 Å². The third kappa shape index (κ3) is 4.03. The fourth-order valence-electron chi connectivity index (χ4n) is 1.78. The number of halogens is 3. The maximum atomic E-state index is 12.8. The Morgan fingerprint density at radius 1 is 1.32 bits per heavy atom. The Morgan fingerprint density at radius 3 is 2.68 bits per heavy atom. The van der Waals surface area contributed by atoms with Crippen LogP contribution in [0.2, 0.25) is 0 Å². The maximum absolute atomic E-state index is 12.8. The summed E-state index contributed by atoms with van der Waals surface area (Å²) < 4.78 is 48.4. The van der Waals surface area contributed by atoms with Gasteiger partial charge in [-0.2, -0.15) is 13.2 Å². The van der Waals surface area contributed by atoms with Gasteiger partial charge in [-0.1, -0.05) is 12.1 Å². The van der Waals surface area contributed by atoms with Crippen molar-refractivity contribution in [1.82, 2.24) is 5.32 Å². The van der Waals surface area contributed by atoms with Crippen LogP contribution in [0.3, 0.4) is 0 Å². The van der Waals surface area contributed by atoms with Gasteiger partial charge in [-0.15, -0.1) is 0 Å². The molecule has 0 saturated heterocycles. The van der Waals surface area contributed by atoms with Crippen molar-refractivity contribution in [1.29, 1.82) is 0 Å². The van der Waals surface area contributed by atoms with Crippen LogP contribution in [-0.4, -0.2) is 18.6 Å². The highest BCUT2D eigenvalue weighted by atomic mass is 19.4. The molecule has 7 heteroatoms. The SMILES string of the molecule is CC(COc1ccccc1C(F)(F)F)NC(=O)c1ccoc1. The van der Waals surface area contributed by atoms with Gasteiger partial charge in [0.25, 0.3) is 5.91 Å². The second kappa shape index (κ2) is 6.55. The zero-order chi connectivity index (χ0) is 16.2. The molecule has 1 heterocycles. The molecular weight excluding hydrogens is 299 g/mol. The molecule has 1 unspecified atom stereocenters. The number of hydrogen-bond acceptors (Lipinski definition) is 3. The first-order valence-corrected chi connectivity index (χ1v) is 6.50. The van der Waals surface area contributed by atoms with Crippen LogP contribution in [0, 0.1) is 0 Å². The summed E-state index contributed by atoms with van der Waals surface area (Å²) in [4.78, 5) is 11.7. The molecule has 2 aromatic rings. The average molecular weight is 313 g/mol. The van der Waals surface area contributed by atoms with Crippen LogP contribution in [0.5, 0.6) is 5.75 Å². The highest BCUT2D eigenvalue weighted by Crippen LogP contribution is 2.35. The van der Waals surface area contributed by atoms with Gasteiger partial charge >= 0.3 is 6.18 Å². The number of ether oxygens (including phenoxy) is 1. The van der Waals surface area contributed by atoms with E-state index in [1.165, 1.54) is 36.8 Å². The van der Waals surface area contributed by atoms with E-state index in [1.807, 2.05) is 0 Å². The fourth-order valence-corrected chi connectivity index (χ4v) is 1.78. The Balaban J connectivity index is 1.94. The molecule has 1 aromatic carbocycles. The van der Waals surface area contributed by atoms with E-state index >= 15 is 0 Å². The molecule has 0 spiro atoms. The number of carbonyl (C=O) groups excluding carboxylic acids is 1. The third-order valence-electron chi connectivity index (χ3n) is 2.84. The number of rotatable bonds is 5. The van der Waals surface area contributed by atoms with Gasteiger partial charge in [0.15, 0.2) is 0 Å². The standard InChI is InChI=1S/C15H14F3NO3/c1-10(19-14(20)11-6-7-21-9-11)8-22-13-5-3-2-4-12(13)15(16,17)18/h2-7,9-10H,8H2,1H3,(H,19,20). The van der Waals surface area contributed by atoms with Crippen molar-refractivity contribution in [3.63, 3.8) is 0 Å². The topological polar surface area (TPSA) is 51.5 Å². The molecule has 0 aliphatic heterocycles. The molecule has 0 aliphatic rings. The minimum atomic E-state index is -4.49. The monoisotopic (exact) mass is 313 g/mol. The zero-order valence-electron chi connectivity index (χ0n) is 11.7. The summed E-state index contributed by atoms with van der Waals surface area (Å²) in [5.74, 6) is -0.645. The molecule has 1 amide bonds. The van der Waals surface area contributed by atoms with E-state index in [0.29, 0.717) is 5.56 Å². The molecule has 1 atom stereocenters. The van der Waals surface area contributed by atoms with Gasteiger partial charge in [-0.3, -0.25) is 4.79 Å². The molecule has 4 nitrogen and oxygen atoms in total. The number of hydrogen-bond donors (Lipinski definition) is 1. The van der Waals surface area contributed by atoms with Crippen LogP contribution >= 0.6 is 0 Å². The summed E-state index contributed by atoms with van der Waals surface area (Å²) in [7, 11) is 0. The van der Waals surface area contributed by atoms with Crippen LogP contribution in [0.15, 0.2) is 47.3 Å². The van der Waals surface area contributed by atoms with Gasteiger partial charge in [-0.05, 0) is 25.1 Å². The van der Waals surface area contributed by atoms with Gasteiger partial charge in [0, 0.05) is 0 Å². The fraction of sp³-hybridized carbons (Fsp3) is 0.267. The minimum Gasteiger partial charge on any atom is -0.491 e. The van der Waals surface area contributed by atoms with Gasteiger partial charge in [0.1, 0.15) is 18.6 Å². The van der Waals surface area contributed by atoms with Crippen LogP contribution in [-0.2, 0) is 6.18 Å². The highest BCUT2D eigenvalue weighted by Gasteiger charge is 2.34. The zero-order valence-corrected chi connectivity index (χ0v) is 11.7. The number of furan rings is 1. The van der Waals surface area contributed by atoms with Crippen LogP contribution in [0.25, 0.3) is 0 Å². The van der Waals surface area contributed by atoms with Crippen molar-refractivity contribution in [2.24, 2.45) is 0 Å². The minimum absolute atomic E-state index is 0.0866. The van der Waals surface area contributed by atoms with Crippen molar-refractivity contribution in [2.45, 2.75) is 19.1 Å². The number of para-hydroxylation sites is 1. The number of amides is 1. The smallest absolute Gasteiger partial charge is 0.419 e. The molecule has 1 aromatic heterocycles. The lowest BCUT2D eigenvalue weighted by atomic mass is 10.2. The molecule has 22 heavy (non-hydrogen) atoms. The summed E-state index contributed by atoms with van der Waals surface area (Å²) in [6, 6.07) is 5.96.